The molecule has 0 aromatic heterocycles. The van der Waals surface area contributed by atoms with Crippen LogP contribution < -0.4 is 5.32 Å². The van der Waals surface area contributed by atoms with Crippen LogP contribution in [0, 0.1) is 5.41 Å². The Morgan fingerprint density at radius 2 is 1.90 bits per heavy atom. The summed E-state index contributed by atoms with van der Waals surface area (Å²) in [5.41, 5.74) is -0.158. The monoisotopic (exact) mass is 309 g/mol. The van der Waals surface area contributed by atoms with Crippen molar-refractivity contribution in [2.24, 2.45) is 5.41 Å². The zero-order chi connectivity index (χ0) is 15.6. The predicted octanol–water partition coefficient (Wildman–Crippen LogP) is 3.47. The Morgan fingerprint density at radius 3 is 2.48 bits per heavy atom. The normalized spacial score (nSPS) is 11.4. The third kappa shape index (κ3) is 6.53. The van der Waals surface area contributed by atoms with Gasteiger partial charge in [-0.25, -0.2) is 0 Å². The highest BCUT2D eigenvalue weighted by Gasteiger charge is 2.25. The van der Waals surface area contributed by atoms with E-state index in [0.29, 0.717) is 13.0 Å². The van der Waals surface area contributed by atoms with Crippen molar-refractivity contribution in [1.82, 2.24) is 5.32 Å². The van der Waals surface area contributed by atoms with Gasteiger partial charge in [-0.2, -0.15) is 0 Å². The topological polar surface area (TPSA) is 49.3 Å². The lowest BCUT2D eigenvalue weighted by Gasteiger charge is -2.29. The van der Waals surface area contributed by atoms with Gasteiger partial charge in [-0.15, -0.1) is 11.8 Å². The van der Waals surface area contributed by atoms with Crippen LogP contribution in [0.25, 0.3) is 0 Å². The van der Waals surface area contributed by atoms with Crippen molar-refractivity contribution in [3.05, 3.63) is 30.3 Å². The molecule has 3 nitrogen and oxygen atoms in total. The van der Waals surface area contributed by atoms with Crippen LogP contribution in [0.1, 0.15) is 39.5 Å². The number of rotatable bonds is 10. The van der Waals surface area contributed by atoms with Crippen molar-refractivity contribution in [3.8, 4) is 0 Å². The molecule has 0 bridgehead atoms. The van der Waals surface area contributed by atoms with E-state index < -0.39 is 0 Å². The van der Waals surface area contributed by atoms with Gasteiger partial charge in [-0.05, 0) is 37.1 Å². The molecular formula is C17H27NO2S. The quantitative estimate of drug-likeness (QED) is 0.514. The van der Waals surface area contributed by atoms with Gasteiger partial charge in [0.1, 0.15) is 0 Å². The molecule has 0 atom stereocenters. The number of aliphatic hydroxyl groups is 1. The van der Waals surface area contributed by atoms with E-state index in [-0.39, 0.29) is 17.9 Å². The molecular weight excluding hydrogens is 282 g/mol. The Labute approximate surface area is 132 Å². The summed E-state index contributed by atoms with van der Waals surface area (Å²) in [6.45, 7) is 4.82. The van der Waals surface area contributed by atoms with Crippen molar-refractivity contribution < 1.29 is 9.90 Å². The largest absolute Gasteiger partial charge is 0.396 e. The summed E-state index contributed by atoms with van der Waals surface area (Å²) in [5.74, 6) is 1.04. The van der Waals surface area contributed by atoms with Crippen LogP contribution in [-0.4, -0.2) is 29.9 Å². The summed E-state index contributed by atoms with van der Waals surface area (Å²) in [6.07, 6.45) is 3.18. The highest BCUT2D eigenvalue weighted by atomic mass is 32.2. The predicted molar refractivity (Wildman–Crippen MR) is 89.5 cm³/mol. The van der Waals surface area contributed by atoms with E-state index in [1.165, 1.54) is 4.90 Å². The minimum atomic E-state index is -0.158. The zero-order valence-electron chi connectivity index (χ0n) is 13.1. The average Bonchev–Trinajstić information content (AvgIpc) is 2.54. The van der Waals surface area contributed by atoms with Gasteiger partial charge in [0.2, 0.25) is 5.91 Å². The molecule has 1 rings (SSSR count). The van der Waals surface area contributed by atoms with Crippen LogP contribution in [0.5, 0.6) is 0 Å². The first kappa shape index (κ1) is 18.1. The molecule has 21 heavy (non-hydrogen) atoms. The maximum Gasteiger partial charge on any atom is 0.220 e. The summed E-state index contributed by atoms with van der Waals surface area (Å²) in [5, 5.41) is 12.4. The van der Waals surface area contributed by atoms with E-state index in [9.17, 15) is 9.90 Å². The fourth-order valence-corrected chi connectivity index (χ4v) is 2.97. The number of thioether (sulfide) groups is 1. The Kier molecular flexibility index (Phi) is 8.47. The molecule has 1 amide bonds. The summed E-state index contributed by atoms with van der Waals surface area (Å²) in [4.78, 5) is 13.1. The molecule has 0 heterocycles. The third-order valence-corrected chi connectivity index (χ3v) is 5.15. The number of benzene rings is 1. The van der Waals surface area contributed by atoms with Crippen LogP contribution in [-0.2, 0) is 4.79 Å². The number of carbonyl (C=O) groups excluding carboxylic acids is 1. The van der Waals surface area contributed by atoms with E-state index in [0.717, 1.165) is 25.0 Å². The number of carbonyl (C=O) groups is 1. The van der Waals surface area contributed by atoms with E-state index in [2.05, 4.69) is 31.3 Å². The fraction of sp³-hybridized carbons (Fsp3) is 0.588. The number of aliphatic hydroxyl groups excluding tert-OH is 1. The number of hydrogen-bond acceptors (Lipinski definition) is 3. The van der Waals surface area contributed by atoms with E-state index >= 15 is 0 Å². The van der Waals surface area contributed by atoms with Crippen molar-refractivity contribution in [1.29, 1.82) is 0 Å². The maximum atomic E-state index is 11.8. The minimum absolute atomic E-state index is 0.0865. The average molecular weight is 309 g/mol. The van der Waals surface area contributed by atoms with Crippen LogP contribution in [0.4, 0.5) is 0 Å². The van der Waals surface area contributed by atoms with Gasteiger partial charge in [0, 0.05) is 23.3 Å². The van der Waals surface area contributed by atoms with Gasteiger partial charge in [0.25, 0.3) is 0 Å². The smallest absolute Gasteiger partial charge is 0.220 e. The SMILES string of the molecule is CCC(CC)(CO)CNC(=O)CCCSc1ccccc1. The molecule has 0 saturated heterocycles. The highest BCUT2D eigenvalue weighted by Crippen LogP contribution is 2.24. The molecule has 2 N–H and O–H groups in total. The maximum absolute atomic E-state index is 11.8. The summed E-state index contributed by atoms with van der Waals surface area (Å²) < 4.78 is 0. The van der Waals surface area contributed by atoms with Gasteiger partial charge in [0.15, 0.2) is 0 Å². The molecule has 0 aliphatic heterocycles. The van der Waals surface area contributed by atoms with Gasteiger partial charge >= 0.3 is 0 Å². The first-order valence-electron chi connectivity index (χ1n) is 7.71. The van der Waals surface area contributed by atoms with E-state index in [4.69, 9.17) is 0 Å². The lowest BCUT2D eigenvalue weighted by atomic mass is 9.83. The van der Waals surface area contributed by atoms with E-state index in [1.54, 1.807) is 11.8 Å². The summed E-state index contributed by atoms with van der Waals surface area (Å²) in [6, 6.07) is 10.2. The summed E-state index contributed by atoms with van der Waals surface area (Å²) in [7, 11) is 0. The van der Waals surface area contributed by atoms with Crippen molar-refractivity contribution in [3.63, 3.8) is 0 Å². The number of hydrogen-bond donors (Lipinski definition) is 2. The van der Waals surface area contributed by atoms with Crippen LogP contribution >= 0.6 is 11.8 Å². The Morgan fingerprint density at radius 1 is 1.24 bits per heavy atom. The molecule has 1 aromatic carbocycles. The molecule has 0 aliphatic carbocycles. The Hall–Kier alpha value is -1.00. The summed E-state index contributed by atoms with van der Waals surface area (Å²) >= 11 is 1.78. The highest BCUT2D eigenvalue weighted by molar-refractivity contribution is 7.99. The van der Waals surface area contributed by atoms with Crippen molar-refractivity contribution in [2.75, 3.05) is 18.9 Å². The van der Waals surface area contributed by atoms with Crippen molar-refractivity contribution in [2.45, 2.75) is 44.4 Å². The lowest BCUT2D eigenvalue weighted by Crippen LogP contribution is -2.39. The van der Waals surface area contributed by atoms with Gasteiger partial charge < -0.3 is 10.4 Å². The number of nitrogens with one attached hydrogen (secondary N) is 1. The van der Waals surface area contributed by atoms with Crippen LogP contribution in [0.15, 0.2) is 35.2 Å². The second-order valence-corrected chi connectivity index (χ2v) is 6.58. The van der Waals surface area contributed by atoms with Crippen molar-refractivity contribution >= 4 is 17.7 Å². The molecule has 0 unspecified atom stereocenters. The fourth-order valence-electron chi connectivity index (χ4n) is 2.09. The minimum Gasteiger partial charge on any atom is -0.396 e. The standard InChI is InChI=1S/C17H27NO2S/c1-3-17(4-2,14-19)13-18-16(20)11-8-12-21-15-9-6-5-7-10-15/h5-7,9-10,19H,3-4,8,11-14H2,1-2H3,(H,18,20). The Bertz CT molecular complexity index is 396. The second kappa shape index (κ2) is 9.85. The first-order chi connectivity index (χ1) is 10.2. The third-order valence-electron chi connectivity index (χ3n) is 4.06. The van der Waals surface area contributed by atoms with Gasteiger partial charge in [0.05, 0.1) is 6.61 Å². The van der Waals surface area contributed by atoms with Crippen LogP contribution in [0.2, 0.25) is 0 Å². The van der Waals surface area contributed by atoms with Gasteiger partial charge in [-0.3, -0.25) is 4.79 Å². The molecule has 118 valence electrons. The van der Waals surface area contributed by atoms with Gasteiger partial charge in [-0.1, -0.05) is 32.0 Å². The molecule has 0 spiro atoms. The van der Waals surface area contributed by atoms with Crippen LogP contribution in [0.3, 0.4) is 0 Å². The molecule has 0 aliphatic rings. The second-order valence-electron chi connectivity index (χ2n) is 5.41. The molecule has 0 radical (unpaired) electrons. The molecule has 1 aromatic rings. The lowest BCUT2D eigenvalue weighted by molar-refractivity contribution is -0.121. The Balaban J connectivity index is 2.19. The molecule has 4 heteroatoms. The molecule has 0 saturated carbocycles. The first-order valence-corrected chi connectivity index (χ1v) is 8.69. The molecule has 0 fully saturated rings. The number of amides is 1. The van der Waals surface area contributed by atoms with E-state index in [1.807, 2.05) is 18.2 Å². The zero-order valence-corrected chi connectivity index (χ0v) is 13.9.